The smallest absolute Gasteiger partial charge is 0.350 e. The molecule has 2 N–H and O–H groups in total. The van der Waals surface area contributed by atoms with Crippen molar-refractivity contribution in [1.29, 1.82) is 0 Å². The average molecular weight is 394 g/mol. The van der Waals surface area contributed by atoms with Crippen LogP contribution in [0.4, 0.5) is 5.69 Å². The lowest BCUT2D eigenvalue weighted by atomic mass is 10.1. The van der Waals surface area contributed by atoms with E-state index < -0.39 is 17.7 Å². The van der Waals surface area contributed by atoms with E-state index in [1.807, 2.05) is 37.3 Å². The molecular formula is C22H22N2O5. The lowest BCUT2D eigenvalue weighted by Crippen LogP contribution is -2.42. The second-order valence-electron chi connectivity index (χ2n) is 7.06. The Bertz CT molecular complexity index is 927. The van der Waals surface area contributed by atoms with Crippen LogP contribution < -0.4 is 10.6 Å². The topological polar surface area (TPSA) is 93.7 Å². The molecule has 1 aliphatic heterocycles. The van der Waals surface area contributed by atoms with Crippen molar-refractivity contribution in [1.82, 2.24) is 5.32 Å². The van der Waals surface area contributed by atoms with Gasteiger partial charge in [0.2, 0.25) is 0 Å². The number of hydrogen-bond acceptors (Lipinski definition) is 6. The molecule has 7 nitrogen and oxygen atoms in total. The number of hydrogen-bond donors (Lipinski definition) is 2. The fourth-order valence-corrected chi connectivity index (χ4v) is 2.76. The summed E-state index contributed by atoms with van der Waals surface area (Å²) in [6.07, 6.45) is 1.23. The van der Waals surface area contributed by atoms with E-state index in [1.54, 1.807) is 24.3 Å². The fourth-order valence-electron chi connectivity index (χ4n) is 2.76. The van der Waals surface area contributed by atoms with Gasteiger partial charge in [-0.05, 0) is 36.8 Å². The minimum atomic E-state index is -1.28. The van der Waals surface area contributed by atoms with E-state index in [0.717, 1.165) is 5.56 Å². The number of amides is 1. The molecule has 0 aromatic heterocycles. The first-order valence-electron chi connectivity index (χ1n) is 9.14. The SMILES string of the molecule is CC(NC(=O)c1ccc(NC=C2C(=O)OC(C)(C)OC2=O)cc1)c1ccccc1. The number of esters is 2. The highest BCUT2D eigenvalue weighted by molar-refractivity contribution is 6.15. The van der Waals surface area contributed by atoms with Crippen LogP contribution in [0.15, 0.2) is 66.4 Å². The number of ether oxygens (including phenoxy) is 2. The lowest BCUT2D eigenvalue weighted by Gasteiger charge is -2.29. The highest BCUT2D eigenvalue weighted by Crippen LogP contribution is 2.23. The van der Waals surface area contributed by atoms with Gasteiger partial charge in [-0.25, -0.2) is 9.59 Å². The van der Waals surface area contributed by atoms with Crippen LogP contribution in [0.25, 0.3) is 0 Å². The van der Waals surface area contributed by atoms with Crippen molar-refractivity contribution in [2.24, 2.45) is 0 Å². The third-order valence-corrected chi connectivity index (χ3v) is 4.29. The Morgan fingerprint density at radius 1 is 0.966 bits per heavy atom. The van der Waals surface area contributed by atoms with Crippen LogP contribution in [-0.2, 0) is 19.1 Å². The van der Waals surface area contributed by atoms with E-state index >= 15 is 0 Å². The first kappa shape index (κ1) is 20.1. The summed E-state index contributed by atoms with van der Waals surface area (Å²) in [5.41, 5.74) is 1.86. The van der Waals surface area contributed by atoms with Crippen molar-refractivity contribution in [2.45, 2.75) is 32.6 Å². The van der Waals surface area contributed by atoms with Crippen LogP contribution in [0.1, 0.15) is 42.7 Å². The highest BCUT2D eigenvalue weighted by Gasteiger charge is 2.38. The molecular weight excluding hydrogens is 372 g/mol. The monoisotopic (exact) mass is 394 g/mol. The third-order valence-electron chi connectivity index (χ3n) is 4.29. The Hall–Kier alpha value is -3.61. The zero-order chi connectivity index (χ0) is 21.0. The predicted molar refractivity (Wildman–Crippen MR) is 107 cm³/mol. The standard InChI is InChI=1S/C22H22N2O5/c1-14(15-7-5-4-6-8-15)24-19(25)16-9-11-17(12-10-16)23-13-18-20(26)28-22(2,3)29-21(18)27/h4-14,23H,1-3H3,(H,24,25). The molecule has 0 bridgehead atoms. The molecule has 1 unspecified atom stereocenters. The molecule has 150 valence electrons. The molecule has 1 amide bonds. The Morgan fingerprint density at radius 2 is 1.55 bits per heavy atom. The van der Waals surface area contributed by atoms with Crippen molar-refractivity contribution in [3.63, 3.8) is 0 Å². The van der Waals surface area contributed by atoms with Crippen LogP contribution in [0.3, 0.4) is 0 Å². The predicted octanol–water partition coefficient (Wildman–Crippen LogP) is 3.31. The zero-order valence-electron chi connectivity index (χ0n) is 16.4. The first-order valence-corrected chi connectivity index (χ1v) is 9.14. The van der Waals surface area contributed by atoms with E-state index in [4.69, 9.17) is 9.47 Å². The van der Waals surface area contributed by atoms with Gasteiger partial charge in [0.05, 0.1) is 6.04 Å². The molecule has 1 heterocycles. The maximum atomic E-state index is 12.4. The maximum absolute atomic E-state index is 12.4. The van der Waals surface area contributed by atoms with Crippen LogP contribution >= 0.6 is 0 Å². The average Bonchev–Trinajstić information content (AvgIpc) is 2.67. The van der Waals surface area contributed by atoms with E-state index in [-0.39, 0.29) is 17.5 Å². The summed E-state index contributed by atoms with van der Waals surface area (Å²) in [7, 11) is 0. The number of nitrogens with one attached hydrogen (secondary N) is 2. The van der Waals surface area contributed by atoms with Crippen molar-refractivity contribution in [2.75, 3.05) is 5.32 Å². The summed E-state index contributed by atoms with van der Waals surface area (Å²) < 4.78 is 10.1. The Labute approximate surface area is 168 Å². The van der Waals surface area contributed by atoms with E-state index in [9.17, 15) is 14.4 Å². The summed E-state index contributed by atoms with van der Waals surface area (Å²) in [6, 6.07) is 16.2. The molecule has 0 spiro atoms. The fraction of sp³-hybridized carbons (Fsp3) is 0.227. The summed E-state index contributed by atoms with van der Waals surface area (Å²) in [5.74, 6) is -3.00. The lowest BCUT2D eigenvalue weighted by molar-refractivity contribution is -0.222. The van der Waals surface area contributed by atoms with Gasteiger partial charge in [-0.15, -0.1) is 0 Å². The zero-order valence-corrected chi connectivity index (χ0v) is 16.4. The van der Waals surface area contributed by atoms with Gasteiger partial charge in [0, 0.05) is 31.3 Å². The van der Waals surface area contributed by atoms with Crippen molar-refractivity contribution < 1.29 is 23.9 Å². The number of anilines is 1. The number of rotatable bonds is 5. The molecule has 1 fully saturated rings. The molecule has 29 heavy (non-hydrogen) atoms. The van der Waals surface area contributed by atoms with Gasteiger partial charge in [-0.2, -0.15) is 0 Å². The van der Waals surface area contributed by atoms with Gasteiger partial charge in [0.1, 0.15) is 0 Å². The van der Waals surface area contributed by atoms with Gasteiger partial charge < -0.3 is 20.1 Å². The molecule has 7 heteroatoms. The molecule has 0 radical (unpaired) electrons. The quantitative estimate of drug-likeness (QED) is 0.459. The molecule has 1 atom stereocenters. The molecule has 0 aliphatic carbocycles. The molecule has 3 rings (SSSR count). The third kappa shape index (κ3) is 5.01. The van der Waals surface area contributed by atoms with Crippen LogP contribution in [0.2, 0.25) is 0 Å². The van der Waals surface area contributed by atoms with Crippen molar-refractivity contribution in [3.8, 4) is 0 Å². The minimum Gasteiger partial charge on any atom is -0.419 e. The molecule has 2 aromatic rings. The van der Waals surface area contributed by atoms with Gasteiger partial charge in [0.15, 0.2) is 5.57 Å². The highest BCUT2D eigenvalue weighted by atomic mass is 16.7. The van der Waals surface area contributed by atoms with Crippen molar-refractivity contribution in [3.05, 3.63) is 77.5 Å². The van der Waals surface area contributed by atoms with Gasteiger partial charge >= 0.3 is 11.9 Å². The largest absolute Gasteiger partial charge is 0.419 e. The van der Waals surface area contributed by atoms with E-state index in [1.165, 1.54) is 20.0 Å². The van der Waals surface area contributed by atoms with Gasteiger partial charge in [0.25, 0.3) is 11.7 Å². The van der Waals surface area contributed by atoms with Gasteiger partial charge in [-0.3, -0.25) is 4.79 Å². The summed E-state index contributed by atoms with van der Waals surface area (Å²) in [6.45, 7) is 4.88. The number of carbonyl (C=O) groups is 3. The second-order valence-corrected chi connectivity index (χ2v) is 7.06. The molecule has 2 aromatic carbocycles. The Morgan fingerprint density at radius 3 is 2.14 bits per heavy atom. The van der Waals surface area contributed by atoms with Crippen LogP contribution in [0.5, 0.6) is 0 Å². The Kier molecular flexibility index (Phi) is 5.68. The summed E-state index contributed by atoms with van der Waals surface area (Å²) in [4.78, 5) is 36.3. The van der Waals surface area contributed by atoms with Gasteiger partial charge in [-0.1, -0.05) is 30.3 Å². The number of carbonyl (C=O) groups excluding carboxylic acids is 3. The number of cyclic esters (lactones) is 2. The molecule has 1 saturated heterocycles. The Balaban J connectivity index is 1.62. The first-order chi connectivity index (χ1) is 13.7. The summed E-state index contributed by atoms with van der Waals surface area (Å²) in [5, 5.41) is 5.78. The van der Waals surface area contributed by atoms with E-state index in [2.05, 4.69) is 10.6 Å². The van der Waals surface area contributed by atoms with E-state index in [0.29, 0.717) is 11.3 Å². The maximum Gasteiger partial charge on any atom is 0.350 e. The van der Waals surface area contributed by atoms with Crippen LogP contribution in [0, 0.1) is 0 Å². The van der Waals surface area contributed by atoms with Crippen LogP contribution in [-0.4, -0.2) is 23.6 Å². The molecule has 0 saturated carbocycles. The second kappa shape index (κ2) is 8.18. The molecule has 1 aliphatic rings. The number of benzene rings is 2. The normalized spacial score (nSPS) is 16.3. The van der Waals surface area contributed by atoms with Crippen molar-refractivity contribution >= 4 is 23.5 Å². The summed E-state index contributed by atoms with van der Waals surface area (Å²) >= 11 is 0. The minimum absolute atomic E-state index is 0.126.